The minimum atomic E-state index is -0.632. The first-order valence-electron chi connectivity index (χ1n) is 6.76. The zero-order valence-corrected chi connectivity index (χ0v) is 10.1. The Morgan fingerprint density at radius 2 is 2.12 bits per heavy atom. The van der Waals surface area contributed by atoms with Crippen molar-refractivity contribution in [3.05, 3.63) is 24.8 Å². The zero-order valence-electron chi connectivity index (χ0n) is 10.1. The molecule has 2 fully saturated rings. The van der Waals surface area contributed by atoms with E-state index in [1.165, 1.54) is 19.3 Å². The summed E-state index contributed by atoms with van der Waals surface area (Å²) in [5, 5.41) is 9.33. The maximum Gasteiger partial charge on any atom is 0.307 e. The van der Waals surface area contributed by atoms with Crippen LogP contribution in [0.4, 0.5) is 0 Å². The standard InChI is InChI=1S/C15H20O2/c1-2-10-12-7-6-9-4-3-5-11(9)13(12)8-14(10)15(16)17/h2,6-7,9-14H,1,3-5,8H2,(H,16,17)/t9-,10+,11+,12-,13-,14-/m1/s1. The lowest BCUT2D eigenvalue weighted by molar-refractivity contribution is -0.142. The molecule has 1 N–H and O–H groups in total. The number of fused-ring (bicyclic) bond motifs is 3. The third-order valence-electron chi connectivity index (χ3n) is 5.27. The van der Waals surface area contributed by atoms with Gasteiger partial charge in [0.05, 0.1) is 5.92 Å². The number of carbonyl (C=O) groups is 1. The van der Waals surface area contributed by atoms with Crippen LogP contribution in [0.2, 0.25) is 0 Å². The average molecular weight is 232 g/mol. The van der Waals surface area contributed by atoms with Gasteiger partial charge in [0.25, 0.3) is 0 Å². The Bertz CT molecular complexity index is 371. The number of rotatable bonds is 2. The van der Waals surface area contributed by atoms with Crippen molar-refractivity contribution in [1.82, 2.24) is 0 Å². The molecule has 0 aromatic rings. The van der Waals surface area contributed by atoms with Crippen molar-refractivity contribution in [2.45, 2.75) is 25.7 Å². The van der Waals surface area contributed by atoms with E-state index in [1.807, 2.05) is 6.08 Å². The maximum absolute atomic E-state index is 11.3. The summed E-state index contributed by atoms with van der Waals surface area (Å²) in [5.41, 5.74) is 0. The molecule has 3 aliphatic rings. The number of hydrogen-bond acceptors (Lipinski definition) is 1. The molecule has 0 aromatic heterocycles. The van der Waals surface area contributed by atoms with Crippen molar-refractivity contribution in [1.29, 1.82) is 0 Å². The predicted octanol–water partition coefficient (Wildman–Crippen LogP) is 3.11. The molecule has 0 amide bonds. The molecule has 92 valence electrons. The highest BCUT2D eigenvalue weighted by Crippen LogP contribution is 2.54. The molecule has 0 saturated heterocycles. The molecular formula is C15H20O2. The smallest absolute Gasteiger partial charge is 0.307 e. The summed E-state index contributed by atoms with van der Waals surface area (Å²) in [4.78, 5) is 11.3. The van der Waals surface area contributed by atoms with Crippen molar-refractivity contribution in [2.24, 2.45) is 35.5 Å². The molecule has 2 heteroatoms. The van der Waals surface area contributed by atoms with Crippen molar-refractivity contribution < 1.29 is 9.90 Å². The lowest BCUT2D eigenvalue weighted by Crippen LogP contribution is -2.26. The Balaban J connectivity index is 1.90. The van der Waals surface area contributed by atoms with Gasteiger partial charge in [-0.15, -0.1) is 6.58 Å². The highest BCUT2D eigenvalue weighted by molar-refractivity contribution is 5.71. The molecule has 0 bridgehead atoms. The van der Waals surface area contributed by atoms with Gasteiger partial charge in [0.15, 0.2) is 0 Å². The fraction of sp³-hybridized carbons (Fsp3) is 0.667. The van der Waals surface area contributed by atoms with Crippen molar-refractivity contribution in [2.75, 3.05) is 0 Å². The van der Waals surface area contributed by atoms with E-state index in [0.717, 1.165) is 18.3 Å². The lowest BCUT2D eigenvalue weighted by Gasteiger charge is -2.33. The highest BCUT2D eigenvalue weighted by atomic mass is 16.4. The van der Waals surface area contributed by atoms with Crippen molar-refractivity contribution in [3.8, 4) is 0 Å². The molecular weight excluding hydrogens is 212 g/mol. The molecule has 3 rings (SSSR count). The fourth-order valence-electron chi connectivity index (χ4n) is 4.54. The van der Waals surface area contributed by atoms with Crippen LogP contribution in [0.5, 0.6) is 0 Å². The number of carboxylic acids is 1. The van der Waals surface area contributed by atoms with Crippen LogP contribution >= 0.6 is 0 Å². The van der Waals surface area contributed by atoms with E-state index >= 15 is 0 Å². The number of allylic oxidation sites excluding steroid dienone is 3. The van der Waals surface area contributed by atoms with E-state index in [4.69, 9.17) is 0 Å². The summed E-state index contributed by atoms with van der Waals surface area (Å²) in [6, 6.07) is 0. The summed E-state index contributed by atoms with van der Waals surface area (Å²) in [6.07, 6.45) is 11.3. The normalized spacial score (nSPS) is 47.5. The third-order valence-corrected chi connectivity index (χ3v) is 5.27. The molecule has 2 saturated carbocycles. The van der Waals surface area contributed by atoms with Crippen molar-refractivity contribution in [3.63, 3.8) is 0 Å². The maximum atomic E-state index is 11.3. The van der Waals surface area contributed by atoms with Crippen LogP contribution in [0.3, 0.4) is 0 Å². The Hall–Kier alpha value is -1.05. The second kappa shape index (κ2) is 4.01. The van der Waals surface area contributed by atoms with Gasteiger partial charge in [-0.3, -0.25) is 4.79 Å². The summed E-state index contributed by atoms with van der Waals surface area (Å²) < 4.78 is 0. The number of hydrogen-bond donors (Lipinski definition) is 1. The number of aliphatic carboxylic acids is 1. The molecule has 2 nitrogen and oxygen atoms in total. The van der Waals surface area contributed by atoms with Gasteiger partial charge < -0.3 is 5.11 Å². The second-order valence-electron chi connectivity index (χ2n) is 5.88. The Morgan fingerprint density at radius 3 is 2.82 bits per heavy atom. The molecule has 3 aliphatic carbocycles. The van der Waals surface area contributed by atoms with Crippen LogP contribution in [0.15, 0.2) is 24.8 Å². The first kappa shape index (κ1) is 11.1. The largest absolute Gasteiger partial charge is 0.481 e. The summed E-state index contributed by atoms with van der Waals surface area (Å²) in [7, 11) is 0. The third kappa shape index (κ3) is 1.57. The van der Waals surface area contributed by atoms with E-state index < -0.39 is 5.97 Å². The Morgan fingerprint density at radius 1 is 1.29 bits per heavy atom. The topological polar surface area (TPSA) is 37.3 Å². The first-order chi connectivity index (χ1) is 8.22. The van der Waals surface area contributed by atoms with E-state index in [-0.39, 0.29) is 11.8 Å². The SMILES string of the molecule is C=C[C@H]1[C@H]2C=C[C@H]3CCC[C@@H]3[C@H]2C[C@H]1C(=O)O. The van der Waals surface area contributed by atoms with Crippen LogP contribution in [-0.4, -0.2) is 11.1 Å². The Kier molecular flexibility index (Phi) is 2.61. The van der Waals surface area contributed by atoms with Gasteiger partial charge in [-0.1, -0.05) is 24.6 Å². The summed E-state index contributed by atoms with van der Waals surface area (Å²) >= 11 is 0. The monoisotopic (exact) mass is 232 g/mol. The minimum Gasteiger partial charge on any atom is -0.481 e. The quantitative estimate of drug-likeness (QED) is 0.743. The van der Waals surface area contributed by atoms with E-state index in [1.54, 1.807) is 0 Å². The van der Waals surface area contributed by atoms with Crippen LogP contribution in [0.1, 0.15) is 25.7 Å². The zero-order chi connectivity index (χ0) is 12.0. The lowest BCUT2D eigenvalue weighted by atomic mass is 9.72. The molecule has 17 heavy (non-hydrogen) atoms. The van der Waals surface area contributed by atoms with Gasteiger partial charge in [0, 0.05) is 0 Å². The van der Waals surface area contributed by atoms with Crippen LogP contribution < -0.4 is 0 Å². The summed E-state index contributed by atoms with van der Waals surface area (Å²) in [5.74, 6) is 1.82. The van der Waals surface area contributed by atoms with Crippen LogP contribution in [-0.2, 0) is 4.79 Å². The predicted molar refractivity (Wildman–Crippen MR) is 66.4 cm³/mol. The van der Waals surface area contributed by atoms with Gasteiger partial charge in [-0.25, -0.2) is 0 Å². The van der Waals surface area contributed by atoms with Gasteiger partial charge in [0.2, 0.25) is 0 Å². The van der Waals surface area contributed by atoms with Crippen molar-refractivity contribution >= 4 is 5.97 Å². The Labute approximate surface area is 102 Å². The second-order valence-corrected chi connectivity index (χ2v) is 5.88. The highest BCUT2D eigenvalue weighted by Gasteiger charge is 2.50. The molecule has 0 heterocycles. The molecule has 0 radical (unpaired) electrons. The van der Waals surface area contributed by atoms with Gasteiger partial charge >= 0.3 is 5.97 Å². The fourth-order valence-corrected chi connectivity index (χ4v) is 4.54. The molecule has 0 aliphatic heterocycles. The molecule has 0 aromatic carbocycles. The minimum absolute atomic E-state index is 0.148. The van der Waals surface area contributed by atoms with E-state index in [2.05, 4.69) is 18.7 Å². The van der Waals surface area contributed by atoms with E-state index in [0.29, 0.717) is 11.8 Å². The molecule has 0 spiro atoms. The van der Waals surface area contributed by atoms with Crippen LogP contribution in [0, 0.1) is 35.5 Å². The first-order valence-corrected chi connectivity index (χ1v) is 6.76. The van der Waals surface area contributed by atoms with Gasteiger partial charge in [-0.05, 0) is 48.9 Å². The molecule has 0 unspecified atom stereocenters. The van der Waals surface area contributed by atoms with E-state index in [9.17, 15) is 9.90 Å². The summed E-state index contributed by atoms with van der Waals surface area (Å²) in [6.45, 7) is 3.85. The van der Waals surface area contributed by atoms with Gasteiger partial charge in [-0.2, -0.15) is 0 Å². The average Bonchev–Trinajstić information content (AvgIpc) is 2.91. The molecule has 6 atom stereocenters. The van der Waals surface area contributed by atoms with Gasteiger partial charge in [0.1, 0.15) is 0 Å². The van der Waals surface area contributed by atoms with Crippen LogP contribution in [0.25, 0.3) is 0 Å². The number of carboxylic acid groups (broad SMARTS) is 1.